The third-order valence-corrected chi connectivity index (χ3v) is 5.82. The summed E-state index contributed by atoms with van der Waals surface area (Å²) in [6.07, 6.45) is 0.760. The fraction of sp³-hybridized carbons (Fsp3) is 0.440. The molecule has 3 aliphatic heterocycles. The smallest absolute Gasteiger partial charge is 0.410 e. The Bertz CT molecular complexity index is 955. The van der Waals surface area contributed by atoms with E-state index in [1.807, 2.05) is 81.1 Å². The first-order valence-electron chi connectivity index (χ1n) is 10.8. The van der Waals surface area contributed by atoms with E-state index in [1.54, 1.807) is 0 Å². The van der Waals surface area contributed by atoms with E-state index in [2.05, 4.69) is 4.90 Å². The number of aryl methyl sites for hydroxylation is 1. The van der Waals surface area contributed by atoms with Crippen LogP contribution in [0.25, 0.3) is 0 Å². The van der Waals surface area contributed by atoms with Crippen LogP contribution < -0.4 is 4.90 Å². The molecule has 3 aliphatic rings. The Balaban J connectivity index is 1.41. The molecule has 0 aromatic heterocycles. The molecule has 6 heteroatoms. The maximum atomic E-state index is 12.7. The van der Waals surface area contributed by atoms with Crippen molar-refractivity contribution in [2.45, 2.75) is 58.4 Å². The number of esters is 1. The number of carbonyl (C=O) groups is 2. The zero-order valence-corrected chi connectivity index (χ0v) is 18.6. The lowest BCUT2D eigenvalue weighted by molar-refractivity contribution is -0.0379. The van der Waals surface area contributed by atoms with Crippen LogP contribution in [0.15, 0.2) is 48.5 Å². The standard InChI is InChI=1S/C25H30N2O4/c1-17-10-11-19(13-22(17)23(28)30-16-18-8-6-5-7-9-18)26-14-20-12-21(15-26)27(20)24(29)31-25(2,3)4/h5-11,13,20-21H,12,14-16H2,1-4H3/t20-,21+. The second-order valence-corrected chi connectivity index (χ2v) is 9.40. The Labute approximate surface area is 183 Å². The number of carbonyl (C=O) groups excluding carboxylic acids is 2. The number of ether oxygens (including phenoxy) is 2. The van der Waals surface area contributed by atoms with E-state index in [9.17, 15) is 9.59 Å². The van der Waals surface area contributed by atoms with Gasteiger partial charge < -0.3 is 14.4 Å². The lowest BCUT2D eigenvalue weighted by atomic mass is 9.87. The van der Waals surface area contributed by atoms with Gasteiger partial charge in [-0.3, -0.25) is 4.90 Å². The highest BCUT2D eigenvalue weighted by Crippen LogP contribution is 2.36. The fourth-order valence-corrected chi connectivity index (χ4v) is 4.26. The molecule has 0 N–H and O–H groups in total. The molecule has 2 atom stereocenters. The van der Waals surface area contributed by atoms with Crippen molar-refractivity contribution in [3.8, 4) is 0 Å². The maximum Gasteiger partial charge on any atom is 0.410 e. The number of amides is 1. The van der Waals surface area contributed by atoms with Crippen molar-refractivity contribution in [1.29, 1.82) is 0 Å². The summed E-state index contributed by atoms with van der Waals surface area (Å²) < 4.78 is 11.1. The van der Waals surface area contributed by atoms with E-state index >= 15 is 0 Å². The highest BCUT2D eigenvalue weighted by atomic mass is 16.6. The van der Waals surface area contributed by atoms with Gasteiger partial charge in [0, 0.05) is 18.8 Å². The summed E-state index contributed by atoms with van der Waals surface area (Å²) >= 11 is 0. The third kappa shape index (κ3) is 4.68. The van der Waals surface area contributed by atoms with Gasteiger partial charge in [0.2, 0.25) is 0 Å². The van der Waals surface area contributed by atoms with Crippen molar-refractivity contribution in [3.05, 3.63) is 65.2 Å². The summed E-state index contributed by atoms with van der Waals surface area (Å²) in [6.45, 7) is 9.30. The molecule has 0 saturated carbocycles. The molecule has 6 nitrogen and oxygen atoms in total. The number of rotatable bonds is 4. The number of piperazine rings is 1. The molecular weight excluding hydrogens is 392 g/mol. The largest absolute Gasteiger partial charge is 0.457 e. The van der Waals surface area contributed by atoms with Crippen LogP contribution >= 0.6 is 0 Å². The zero-order chi connectivity index (χ0) is 22.2. The maximum absolute atomic E-state index is 12.7. The molecule has 0 radical (unpaired) electrons. The summed E-state index contributed by atoms with van der Waals surface area (Å²) in [4.78, 5) is 29.3. The minimum atomic E-state index is -0.493. The molecule has 1 amide bonds. The molecule has 0 spiro atoms. The summed E-state index contributed by atoms with van der Waals surface area (Å²) in [5.74, 6) is -0.319. The van der Waals surface area contributed by atoms with Gasteiger partial charge in [-0.1, -0.05) is 36.4 Å². The van der Waals surface area contributed by atoms with Gasteiger partial charge in [-0.15, -0.1) is 0 Å². The molecule has 164 valence electrons. The van der Waals surface area contributed by atoms with Crippen LogP contribution in [0.3, 0.4) is 0 Å². The molecule has 31 heavy (non-hydrogen) atoms. The van der Waals surface area contributed by atoms with Crippen molar-refractivity contribution >= 4 is 17.7 Å². The van der Waals surface area contributed by atoms with Gasteiger partial charge in [0.25, 0.3) is 0 Å². The molecule has 2 bridgehead atoms. The van der Waals surface area contributed by atoms with Gasteiger partial charge >= 0.3 is 12.1 Å². The molecule has 3 fully saturated rings. The van der Waals surface area contributed by atoms with Crippen LogP contribution in [0.1, 0.15) is 48.7 Å². The van der Waals surface area contributed by atoms with Gasteiger partial charge in [0.05, 0.1) is 17.6 Å². The molecular formula is C25H30N2O4. The van der Waals surface area contributed by atoms with Crippen LogP contribution in [0.4, 0.5) is 10.5 Å². The summed E-state index contributed by atoms with van der Waals surface area (Å²) in [5, 5.41) is 0. The highest BCUT2D eigenvalue weighted by Gasteiger charge is 2.48. The quantitative estimate of drug-likeness (QED) is 0.677. The average molecular weight is 423 g/mol. The van der Waals surface area contributed by atoms with Crippen molar-refractivity contribution in [2.75, 3.05) is 18.0 Å². The summed E-state index contributed by atoms with van der Waals surface area (Å²) in [6, 6.07) is 15.9. The minimum absolute atomic E-state index is 0.142. The normalized spacial score (nSPS) is 20.1. The molecule has 0 aliphatic carbocycles. The Hall–Kier alpha value is -3.02. The van der Waals surface area contributed by atoms with Crippen LogP contribution in [-0.4, -0.2) is 47.7 Å². The predicted molar refractivity (Wildman–Crippen MR) is 119 cm³/mol. The first-order valence-corrected chi connectivity index (χ1v) is 10.8. The second-order valence-electron chi connectivity index (χ2n) is 9.40. The van der Waals surface area contributed by atoms with Gasteiger partial charge in [-0.25, -0.2) is 9.59 Å². The van der Waals surface area contributed by atoms with Gasteiger partial charge in [-0.2, -0.15) is 0 Å². The predicted octanol–water partition coefficient (Wildman–Crippen LogP) is 4.55. The lowest BCUT2D eigenvalue weighted by Crippen LogP contribution is -2.70. The van der Waals surface area contributed by atoms with E-state index in [0.717, 1.165) is 36.3 Å². The summed E-state index contributed by atoms with van der Waals surface area (Å²) in [5.41, 5.74) is 2.92. The first kappa shape index (κ1) is 21.2. The number of nitrogens with zero attached hydrogens (tertiary/aromatic N) is 2. The highest BCUT2D eigenvalue weighted by molar-refractivity contribution is 5.92. The van der Waals surface area contributed by atoms with E-state index in [-0.39, 0.29) is 30.8 Å². The van der Waals surface area contributed by atoms with E-state index in [1.165, 1.54) is 0 Å². The average Bonchev–Trinajstić information content (AvgIpc) is 2.71. The Morgan fingerprint density at radius 3 is 2.35 bits per heavy atom. The Morgan fingerprint density at radius 1 is 1.03 bits per heavy atom. The lowest BCUT2D eigenvalue weighted by Gasteiger charge is -2.56. The van der Waals surface area contributed by atoms with Crippen LogP contribution in [0, 0.1) is 6.92 Å². The first-order chi connectivity index (χ1) is 14.7. The number of hydrogen-bond donors (Lipinski definition) is 0. The molecule has 2 aromatic carbocycles. The van der Waals surface area contributed by atoms with Gasteiger partial charge in [-0.05, 0) is 57.4 Å². The van der Waals surface area contributed by atoms with Crippen molar-refractivity contribution < 1.29 is 19.1 Å². The molecule has 0 unspecified atom stereocenters. The SMILES string of the molecule is Cc1ccc(N2C[C@H]3C[C@@H](C2)N3C(=O)OC(C)(C)C)cc1C(=O)OCc1ccccc1. The monoisotopic (exact) mass is 422 g/mol. The zero-order valence-electron chi connectivity index (χ0n) is 18.6. The number of benzene rings is 2. The van der Waals surface area contributed by atoms with E-state index in [0.29, 0.717) is 5.56 Å². The molecule has 3 heterocycles. The number of hydrogen-bond acceptors (Lipinski definition) is 5. The number of anilines is 1. The molecule has 5 rings (SSSR count). The van der Waals surface area contributed by atoms with Crippen molar-refractivity contribution in [1.82, 2.24) is 4.90 Å². The van der Waals surface area contributed by atoms with Gasteiger partial charge in [0.1, 0.15) is 12.2 Å². The Kier molecular flexibility index (Phi) is 5.65. The third-order valence-electron chi connectivity index (χ3n) is 5.82. The van der Waals surface area contributed by atoms with Gasteiger partial charge in [0.15, 0.2) is 0 Å². The van der Waals surface area contributed by atoms with Crippen LogP contribution in [0.5, 0.6) is 0 Å². The Morgan fingerprint density at radius 2 is 1.71 bits per heavy atom. The second kappa shape index (κ2) is 8.25. The topological polar surface area (TPSA) is 59.1 Å². The molecule has 2 aromatic rings. The van der Waals surface area contributed by atoms with E-state index in [4.69, 9.17) is 9.47 Å². The van der Waals surface area contributed by atoms with Crippen molar-refractivity contribution in [2.24, 2.45) is 0 Å². The number of fused-ring (bicyclic) bond motifs is 2. The van der Waals surface area contributed by atoms with Crippen molar-refractivity contribution in [3.63, 3.8) is 0 Å². The van der Waals surface area contributed by atoms with E-state index < -0.39 is 5.60 Å². The number of piperidine rings is 1. The fourth-order valence-electron chi connectivity index (χ4n) is 4.26. The van der Waals surface area contributed by atoms with Crippen LogP contribution in [0.2, 0.25) is 0 Å². The summed E-state index contributed by atoms with van der Waals surface area (Å²) in [7, 11) is 0. The molecule has 3 saturated heterocycles. The van der Waals surface area contributed by atoms with Crippen LogP contribution in [-0.2, 0) is 16.1 Å². The minimum Gasteiger partial charge on any atom is -0.457 e.